The summed E-state index contributed by atoms with van der Waals surface area (Å²) in [4.78, 5) is 10.2. The number of nitro benzene ring substituents is 1. The smallest absolute Gasteiger partial charge is 0.269 e. The first-order valence-corrected chi connectivity index (χ1v) is 6.72. The maximum Gasteiger partial charge on any atom is 0.269 e. The molecule has 0 spiro atoms. The lowest BCUT2D eigenvalue weighted by molar-refractivity contribution is -0.384. The number of hydrogen-bond acceptors (Lipinski definition) is 6. The summed E-state index contributed by atoms with van der Waals surface area (Å²) in [5.41, 5.74) is 11.0. The van der Waals surface area contributed by atoms with E-state index in [1.807, 2.05) is 0 Å². The molecule has 0 radical (unpaired) electrons. The first kappa shape index (κ1) is 16.7. The third kappa shape index (κ3) is 4.44. The van der Waals surface area contributed by atoms with Crippen LogP contribution in [0.4, 0.5) is 5.69 Å². The van der Waals surface area contributed by atoms with E-state index in [1.54, 1.807) is 18.2 Å². The van der Waals surface area contributed by atoms with Gasteiger partial charge in [0.2, 0.25) is 5.96 Å². The standard InChI is InChI=1S/C15H15N5O4/c1-23-14-8-10(9-18-19-15(16)17)2-7-13(14)24-12-5-3-11(4-6-12)20(21)22/h2-9H,1H3,(H4,16,17,19). The van der Waals surface area contributed by atoms with Crippen molar-refractivity contribution in [2.45, 2.75) is 0 Å². The Balaban J connectivity index is 2.19. The van der Waals surface area contributed by atoms with Crippen LogP contribution >= 0.6 is 0 Å². The van der Waals surface area contributed by atoms with Gasteiger partial charge in [0.05, 0.1) is 18.2 Å². The van der Waals surface area contributed by atoms with E-state index in [0.29, 0.717) is 22.8 Å². The molecule has 0 aliphatic rings. The van der Waals surface area contributed by atoms with Crippen molar-refractivity contribution in [2.24, 2.45) is 21.7 Å². The van der Waals surface area contributed by atoms with Gasteiger partial charge in [0.1, 0.15) is 5.75 Å². The topological polar surface area (TPSA) is 138 Å². The molecule has 0 heterocycles. The van der Waals surface area contributed by atoms with Crippen molar-refractivity contribution in [3.63, 3.8) is 0 Å². The first-order valence-electron chi connectivity index (χ1n) is 6.72. The number of nitrogens with two attached hydrogens (primary N) is 2. The SMILES string of the molecule is COc1cc(C=NN=C(N)N)ccc1Oc1ccc([N+](=O)[O-])cc1. The molecule has 0 saturated carbocycles. The largest absolute Gasteiger partial charge is 0.493 e. The van der Waals surface area contributed by atoms with Crippen LogP contribution in [0.1, 0.15) is 5.56 Å². The molecule has 124 valence electrons. The second kappa shape index (κ2) is 7.58. The summed E-state index contributed by atoms with van der Waals surface area (Å²) in [5.74, 6) is 1.21. The molecule has 2 rings (SSSR count). The van der Waals surface area contributed by atoms with E-state index in [-0.39, 0.29) is 11.6 Å². The Hall–Kier alpha value is -3.62. The number of benzene rings is 2. The van der Waals surface area contributed by atoms with Crippen molar-refractivity contribution in [3.8, 4) is 17.2 Å². The molecule has 2 aromatic carbocycles. The molecule has 9 heteroatoms. The molecular weight excluding hydrogens is 314 g/mol. The third-order valence-electron chi connectivity index (χ3n) is 2.84. The Morgan fingerprint density at radius 3 is 2.46 bits per heavy atom. The molecule has 0 unspecified atom stereocenters. The number of nitro groups is 1. The van der Waals surface area contributed by atoms with Crippen LogP contribution in [0.25, 0.3) is 0 Å². The van der Waals surface area contributed by atoms with Gasteiger partial charge in [-0.15, -0.1) is 5.10 Å². The Morgan fingerprint density at radius 1 is 1.17 bits per heavy atom. The highest BCUT2D eigenvalue weighted by atomic mass is 16.6. The first-order chi connectivity index (χ1) is 11.5. The highest BCUT2D eigenvalue weighted by Crippen LogP contribution is 2.32. The molecule has 2 aromatic rings. The predicted octanol–water partition coefficient (Wildman–Crippen LogP) is 2.00. The van der Waals surface area contributed by atoms with Crippen LogP contribution in [-0.2, 0) is 0 Å². The molecule has 0 aliphatic heterocycles. The number of nitrogens with zero attached hydrogens (tertiary/aromatic N) is 3. The summed E-state index contributed by atoms with van der Waals surface area (Å²) < 4.78 is 10.9. The van der Waals surface area contributed by atoms with Crippen LogP contribution in [0.3, 0.4) is 0 Å². The fourth-order valence-corrected chi connectivity index (χ4v) is 1.77. The van der Waals surface area contributed by atoms with E-state index >= 15 is 0 Å². The maximum absolute atomic E-state index is 10.6. The van der Waals surface area contributed by atoms with Crippen molar-refractivity contribution < 1.29 is 14.4 Å². The monoisotopic (exact) mass is 329 g/mol. The summed E-state index contributed by atoms with van der Waals surface area (Å²) >= 11 is 0. The van der Waals surface area contributed by atoms with Gasteiger partial charge in [-0.1, -0.05) is 0 Å². The van der Waals surface area contributed by atoms with Crippen molar-refractivity contribution in [1.82, 2.24) is 0 Å². The normalized spacial score (nSPS) is 10.4. The number of hydrogen-bond donors (Lipinski definition) is 2. The molecule has 0 atom stereocenters. The summed E-state index contributed by atoms with van der Waals surface area (Å²) in [7, 11) is 1.50. The molecule has 0 aliphatic carbocycles. The summed E-state index contributed by atoms with van der Waals surface area (Å²) in [6, 6.07) is 10.8. The minimum atomic E-state index is -0.477. The average Bonchev–Trinajstić information content (AvgIpc) is 2.56. The van der Waals surface area contributed by atoms with Crippen molar-refractivity contribution in [2.75, 3.05) is 7.11 Å². The van der Waals surface area contributed by atoms with Gasteiger partial charge in [-0.2, -0.15) is 5.10 Å². The number of non-ortho nitro benzene ring substituents is 1. The minimum Gasteiger partial charge on any atom is -0.493 e. The lowest BCUT2D eigenvalue weighted by Crippen LogP contribution is -2.21. The zero-order valence-corrected chi connectivity index (χ0v) is 12.7. The van der Waals surface area contributed by atoms with E-state index in [4.69, 9.17) is 20.9 Å². The highest BCUT2D eigenvalue weighted by Gasteiger charge is 2.09. The Bertz CT molecular complexity index is 783. The van der Waals surface area contributed by atoms with Gasteiger partial charge in [0.25, 0.3) is 5.69 Å². The molecule has 24 heavy (non-hydrogen) atoms. The fraction of sp³-hybridized carbons (Fsp3) is 0.0667. The summed E-state index contributed by atoms with van der Waals surface area (Å²) in [5, 5.41) is 17.9. The van der Waals surface area contributed by atoms with Crippen LogP contribution in [0.5, 0.6) is 17.2 Å². The lowest BCUT2D eigenvalue weighted by atomic mass is 10.2. The Morgan fingerprint density at radius 2 is 1.88 bits per heavy atom. The van der Waals surface area contributed by atoms with Gasteiger partial charge < -0.3 is 20.9 Å². The quantitative estimate of drug-likeness (QED) is 0.360. The Kier molecular flexibility index (Phi) is 5.29. The van der Waals surface area contributed by atoms with Crippen molar-refractivity contribution in [1.29, 1.82) is 0 Å². The number of guanidine groups is 1. The van der Waals surface area contributed by atoms with E-state index < -0.39 is 4.92 Å². The zero-order chi connectivity index (χ0) is 17.5. The third-order valence-corrected chi connectivity index (χ3v) is 2.84. The summed E-state index contributed by atoms with van der Waals surface area (Å²) in [6.07, 6.45) is 1.46. The van der Waals surface area contributed by atoms with Crippen LogP contribution in [0.15, 0.2) is 52.7 Å². The zero-order valence-electron chi connectivity index (χ0n) is 12.7. The van der Waals surface area contributed by atoms with Gasteiger partial charge in [-0.05, 0) is 35.9 Å². The molecule has 4 N–H and O–H groups in total. The van der Waals surface area contributed by atoms with Gasteiger partial charge >= 0.3 is 0 Å². The number of ether oxygens (including phenoxy) is 2. The second-order valence-electron chi connectivity index (χ2n) is 4.53. The second-order valence-corrected chi connectivity index (χ2v) is 4.53. The minimum absolute atomic E-state index is 0.0133. The van der Waals surface area contributed by atoms with Crippen molar-refractivity contribution in [3.05, 3.63) is 58.1 Å². The molecule has 0 fully saturated rings. The van der Waals surface area contributed by atoms with Crippen LogP contribution in [0, 0.1) is 10.1 Å². The maximum atomic E-state index is 10.6. The number of rotatable bonds is 6. The van der Waals surface area contributed by atoms with E-state index in [2.05, 4.69) is 10.2 Å². The molecule has 0 amide bonds. The number of methoxy groups -OCH3 is 1. The van der Waals surface area contributed by atoms with Crippen LogP contribution < -0.4 is 20.9 Å². The predicted molar refractivity (Wildman–Crippen MR) is 89.6 cm³/mol. The van der Waals surface area contributed by atoms with Gasteiger partial charge in [-0.3, -0.25) is 10.1 Å². The highest BCUT2D eigenvalue weighted by molar-refractivity contribution is 5.82. The van der Waals surface area contributed by atoms with Crippen LogP contribution in [-0.4, -0.2) is 24.2 Å². The molecular formula is C15H15N5O4. The van der Waals surface area contributed by atoms with Crippen LogP contribution in [0.2, 0.25) is 0 Å². The van der Waals surface area contributed by atoms with E-state index in [0.717, 1.165) is 0 Å². The summed E-state index contributed by atoms with van der Waals surface area (Å²) in [6.45, 7) is 0. The van der Waals surface area contributed by atoms with E-state index in [9.17, 15) is 10.1 Å². The molecule has 0 saturated heterocycles. The van der Waals surface area contributed by atoms with E-state index in [1.165, 1.54) is 37.6 Å². The molecule has 9 nitrogen and oxygen atoms in total. The molecule has 0 bridgehead atoms. The van der Waals surface area contributed by atoms with Gasteiger partial charge in [-0.25, -0.2) is 0 Å². The van der Waals surface area contributed by atoms with Crippen molar-refractivity contribution >= 4 is 17.9 Å². The average molecular weight is 329 g/mol. The fourth-order valence-electron chi connectivity index (χ4n) is 1.77. The Labute approximate surface area is 137 Å². The lowest BCUT2D eigenvalue weighted by Gasteiger charge is -2.10. The molecule has 0 aromatic heterocycles. The van der Waals surface area contributed by atoms with Gasteiger partial charge in [0, 0.05) is 12.1 Å². The van der Waals surface area contributed by atoms with Gasteiger partial charge in [0.15, 0.2) is 11.5 Å².